The summed E-state index contributed by atoms with van der Waals surface area (Å²) in [6.07, 6.45) is 6.09. The van der Waals surface area contributed by atoms with Gasteiger partial charge >= 0.3 is 11.7 Å². The minimum atomic E-state index is -1.08. The van der Waals surface area contributed by atoms with Gasteiger partial charge in [-0.1, -0.05) is 55.8 Å². The third kappa shape index (κ3) is 4.81. The number of carboxylic acids is 1. The number of benzene rings is 2. The van der Waals surface area contributed by atoms with Crippen LogP contribution in [0.25, 0.3) is 28.2 Å². The summed E-state index contributed by atoms with van der Waals surface area (Å²) in [5.41, 5.74) is 4.35. The van der Waals surface area contributed by atoms with Crippen molar-refractivity contribution in [1.82, 2.24) is 34.7 Å². The Balaban J connectivity index is 1.49. The number of nitrogens with one attached hydrogen (secondary N) is 1. The molecule has 10 heteroatoms. The fourth-order valence-electron chi connectivity index (χ4n) is 4.34. The Morgan fingerprint density at radius 3 is 2.51 bits per heavy atom. The van der Waals surface area contributed by atoms with Gasteiger partial charge in [-0.25, -0.2) is 14.7 Å². The first kappa shape index (κ1) is 23.9. The third-order valence-electron chi connectivity index (χ3n) is 6.23. The lowest BCUT2D eigenvalue weighted by atomic mass is 10.0. The molecule has 0 saturated heterocycles. The number of imidazole rings is 1. The second kappa shape index (κ2) is 10.4. The van der Waals surface area contributed by atoms with Crippen LogP contribution in [0, 0.1) is 0 Å². The SMILES string of the molecule is CCCCc1cn(-c2ccccc2C(=O)O)c(=O)n1Cc1ccc(-c2ccccc2-c2nnn[nH]2)cn1. The predicted octanol–water partition coefficient (Wildman–Crippen LogP) is 3.97. The Bertz CT molecular complexity index is 1590. The maximum Gasteiger partial charge on any atom is 0.337 e. The molecule has 3 aromatic heterocycles. The fourth-order valence-corrected chi connectivity index (χ4v) is 4.34. The molecule has 5 aromatic rings. The van der Waals surface area contributed by atoms with E-state index in [1.165, 1.54) is 10.6 Å². The molecule has 0 unspecified atom stereocenters. The van der Waals surface area contributed by atoms with E-state index in [2.05, 4.69) is 32.5 Å². The summed E-state index contributed by atoms with van der Waals surface area (Å²) in [6.45, 7) is 2.36. The Morgan fingerprint density at radius 2 is 1.81 bits per heavy atom. The van der Waals surface area contributed by atoms with E-state index in [0.717, 1.165) is 35.2 Å². The monoisotopic (exact) mass is 495 g/mol. The van der Waals surface area contributed by atoms with Crippen molar-refractivity contribution >= 4 is 5.97 Å². The number of hydrogen-bond acceptors (Lipinski definition) is 6. The Labute approximate surface area is 212 Å². The molecular formula is C27H25N7O3. The second-order valence-corrected chi connectivity index (χ2v) is 8.62. The van der Waals surface area contributed by atoms with Crippen LogP contribution in [-0.4, -0.2) is 45.8 Å². The summed E-state index contributed by atoms with van der Waals surface area (Å²) in [4.78, 5) is 29.9. The van der Waals surface area contributed by atoms with Crippen molar-refractivity contribution < 1.29 is 9.90 Å². The van der Waals surface area contributed by atoms with Gasteiger partial charge in [0.1, 0.15) is 0 Å². The van der Waals surface area contributed by atoms with Gasteiger partial charge in [0.2, 0.25) is 0 Å². The first-order valence-electron chi connectivity index (χ1n) is 12.0. The molecule has 2 aromatic carbocycles. The number of hydrogen-bond donors (Lipinski definition) is 2. The molecule has 0 radical (unpaired) electrons. The number of aromatic amines is 1. The fraction of sp³-hybridized carbons (Fsp3) is 0.185. The van der Waals surface area contributed by atoms with Crippen molar-refractivity contribution in [1.29, 1.82) is 0 Å². The molecule has 186 valence electrons. The zero-order chi connectivity index (χ0) is 25.8. The summed E-state index contributed by atoms with van der Waals surface area (Å²) in [5.74, 6) is -0.515. The summed E-state index contributed by atoms with van der Waals surface area (Å²) in [6, 6.07) is 18.1. The van der Waals surface area contributed by atoms with E-state index in [4.69, 9.17) is 0 Å². The molecule has 0 aliphatic heterocycles. The van der Waals surface area contributed by atoms with E-state index in [-0.39, 0.29) is 17.8 Å². The van der Waals surface area contributed by atoms with E-state index < -0.39 is 5.97 Å². The number of carbonyl (C=O) groups is 1. The highest BCUT2D eigenvalue weighted by Gasteiger charge is 2.18. The van der Waals surface area contributed by atoms with E-state index in [9.17, 15) is 14.7 Å². The molecule has 3 heterocycles. The largest absolute Gasteiger partial charge is 0.478 e. The Hall–Kier alpha value is -4.86. The van der Waals surface area contributed by atoms with Gasteiger partial charge in [-0.05, 0) is 47.0 Å². The van der Waals surface area contributed by atoms with Crippen LogP contribution in [0.15, 0.2) is 77.9 Å². The van der Waals surface area contributed by atoms with Gasteiger partial charge in [0, 0.05) is 29.2 Å². The number of tetrazole rings is 1. The molecule has 0 aliphatic rings. The molecular weight excluding hydrogens is 470 g/mol. The molecule has 0 fully saturated rings. The first-order chi connectivity index (χ1) is 18.1. The zero-order valence-corrected chi connectivity index (χ0v) is 20.2. The van der Waals surface area contributed by atoms with Crippen LogP contribution in [0.1, 0.15) is 41.5 Å². The highest BCUT2D eigenvalue weighted by atomic mass is 16.4. The number of unbranched alkanes of at least 4 members (excludes halogenated alkanes) is 1. The lowest BCUT2D eigenvalue weighted by Crippen LogP contribution is -2.26. The molecule has 10 nitrogen and oxygen atoms in total. The molecule has 0 saturated carbocycles. The maximum atomic E-state index is 13.5. The van der Waals surface area contributed by atoms with Gasteiger partial charge in [-0.15, -0.1) is 5.10 Å². The number of H-pyrrole nitrogens is 1. The highest BCUT2D eigenvalue weighted by Crippen LogP contribution is 2.29. The molecule has 0 atom stereocenters. The quantitative estimate of drug-likeness (QED) is 0.316. The minimum Gasteiger partial charge on any atom is -0.478 e. The lowest BCUT2D eigenvalue weighted by molar-refractivity contribution is 0.0697. The normalized spacial score (nSPS) is 11.1. The van der Waals surface area contributed by atoms with Crippen LogP contribution in [0.3, 0.4) is 0 Å². The molecule has 0 bridgehead atoms. The lowest BCUT2D eigenvalue weighted by Gasteiger charge is -2.09. The topological polar surface area (TPSA) is 132 Å². The zero-order valence-electron chi connectivity index (χ0n) is 20.2. The van der Waals surface area contributed by atoms with E-state index in [0.29, 0.717) is 23.6 Å². The summed E-state index contributed by atoms with van der Waals surface area (Å²) in [5, 5.41) is 23.8. The average Bonchev–Trinajstić information content (AvgIpc) is 3.57. The van der Waals surface area contributed by atoms with Crippen LogP contribution in [0.4, 0.5) is 0 Å². The smallest absolute Gasteiger partial charge is 0.337 e. The van der Waals surface area contributed by atoms with Gasteiger partial charge in [-0.3, -0.25) is 14.1 Å². The van der Waals surface area contributed by atoms with Crippen LogP contribution >= 0.6 is 0 Å². The number of para-hydroxylation sites is 1. The Kier molecular flexibility index (Phi) is 6.71. The number of rotatable bonds is 9. The first-order valence-corrected chi connectivity index (χ1v) is 12.0. The van der Waals surface area contributed by atoms with Crippen molar-refractivity contribution in [2.24, 2.45) is 0 Å². The second-order valence-electron chi connectivity index (χ2n) is 8.62. The summed E-state index contributed by atoms with van der Waals surface area (Å²) >= 11 is 0. The summed E-state index contributed by atoms with van der Waals surface area (Å²) in [7, 11) is 0. The predicted molar refractivity (Wildman–Crippen MR) is 138 cm³/mol. The maximum absolute atomic E-state index is 13.5. The van der Waals surface area contributed by atoms with E-state index in [1.807, 2.05) is 36.4 Å². The van der Waals surface area contributed by atoms with Crippen molar-refractivity contribution in [3.05, 3.63) is 100 Å². The average molecular weight is 496 g/mol. The molecule has 2 N–H and O–H groups in total. The Morgan fingerprint density at radius 1 is 1.03 bits per heavy atom. The standard InChI is InChI=1S/C27H25N7O3/c1-2-3-8-20-17-34(24-12-7-6-11-23(24)26(35)36)27(37)33(20)16-19-14-13-18(15-28-19)21-9-4-5-10-22(21)25-29-31-32-30-25/h4-7,9-15,17H,2-3,8,16H2,1H3,(H,35,36)(H,29,30,31,32). The van der Waals surface area contributed by atoms with Crippen LogP contribution in [-0.2, 0) is 13.0 Å². The van der Waals surface area contributed by atoms with Gasteiger partial charge in [-0.2, -0.15) is 0 Å². The number of pyridine rings is 1. The van der Waals surface area contributed by atoms with Crippen LogP contribution in [0.5, 0.6) is 0 Å². The number of aromatic carboxylic acids is 1. The van der Waals surface area contributed by atoms with E-state index >= 15 is 0 Å². The molecule has 37 heavy (non-hydrogen) atoms. The minimum absolute atomic E-state index is 0.0758. The van der Waals surface area contributed by atoms with Crippen molar-refractivity contribution in [2.75, 3.05) is 0 Å². The van der Waals surface area contributed by atoms with Crippen molar-refractivity contribution in [3.63, 3.8) is 0 Å². The summed E-state index contributed by atoms with van der Waals surface area (Å²) < 4.78 is 3.09. The molecule has 0 aliphatic carbocycles. The van der Waals surface area contributed by atoms with E-state index in [1.54, 1.807) is 35.2 Å². The van der Waals surface area contributed by atoms with Crippen LogP contribution < -0.4 is 5.69 Å². The highest BCUT2D eigenvalue weighted by molar-refractivity contribution is 5.91. The third-order valence-corrected chi connectivity index (χ3v) is 6.23. The molecule has 0 amide bonds. The number of aryl methyl sites for hydroxylation is 1. The van der Waals surface area contributed by atoms with Gasteiger partial charge in [0.05, 0.1) is 23.5 Å². The number of nitrogens with zero attached hydrogens (tertiary/aromatic N) is 6. The molecule has 5 rings (SSSR count). The van der Waals surface area contributed by atoms with Gasteiger partial charge < -0.3 is 5.11 Å². The molecule has 0 spiro atoms. The van der Waals surface area contributed by atoms with Crippen molar-refractivity contribution in [2.45, 2.75) is 32.7 Å². The van der Waals surface area contributed by atoms with Gasteiger partial charge in [0.25, 0.3) is 0 Å². The van der Waals surface area contributed by atoms with Gasteiger partial charge in [0.15, 0.2) is 5.82 Å². The number of aromatic nitrogens is 7. The van der Waals surface area contributed by atoms with Crippen molar-refractivity contribution in [3.8, 4) is 28.2 Å². The van der Waals surface area contributed by atoms with Crippen LogP contribution in [0.2, 0.25) is 0 Å². The number of carboxylic acid groups (broad SMARTS) is 1.